The number of nitrogens with one attached hydrogen (secondary N) is 1. The van der Waals surface area contributed by atoms with Crippen molar-refractivity contribution in [3.05, 3.63) is 10.6 Å². The lowest BCUT2D eigenvalue weighted by Crippen LogP contribution is -2.09. The maximum Gasteiger partial charge on any atom is 0.347 e. The third kappa shape index (κ3) is 2.79. The van der Waals surface area contributed by atoms with E-state index in [4.69, 9.17) is 5.11 Å². The van der Waals surface area contributed by atoms with E-state index in [1.165, 1.54) is 0 Å². The van der Waals surface area contributed by atoms with Crippen LogP contribution in [0.4, 0.5) is 5.13 Å². The van der Waals surface area contributed by atoms with E-state index < -0.39 is 5.97 Å². The molecule has 5 nitrogen and oxygen atoms in total. The van der Waals surface area contributed by atoms with Crippen molar-refractivity contribution in [3.8, 4) is 0 Å². The molecule has 0 radical (unpaired) electrons. The van der Waals surface area contributed by atoms with Crippen molar-refractivity contribution >= 4 is 28.3 Å². The van der Waals surface area contributed by atoms with Crippen LogP contribution in [0.15, 0.2) is 0 Å². The molecule has 0 saturated heterocycles. The van der Waals surface area contributed by atoms with Crippen molar-refractivity contribution in [2.45, 2.75) is 33.1 Å². The number of rotatable bonds is 4. The third-order valence-electron chi connectivity index (χ3n) is 1.96. The third-order valence-corrected chi connectivity index (χ3v) is 2.94. The highest BCUT2D eigenvalue weighted by Crippen LogP contribution is 2.28. The molecule has 0 aliphatic rings. The van der Waals surface area contributed by atoms with Gasteiger partial charge in [-0.15, -0.1) is 0 Å². The normalized spacial score (nSPS) is 10.5. The van der Waals surface area contributed by atoms with Gasteiger partial charge in [0.05, 0.1) is 5.69 Å². The van der Waals surface area contributed by atoms with Gasteiger partial charge in [0, 0.05) is 6.42 Å². The van der Waals surface area contributed by atoms with Crippen molar-refractivity contribution in [1.82, 2.24) is 4.98 Å². The van der Waals surface area contributed by atoms with Crippen molar-refractivity contribution in [3.63, 3.8) is 0 Å². The van der Waals surface area contributed by atoms with Gasteiger partial charge in [-0.1, -0.05) is 32.1 Å². The van der Waals surface area contributed by atoms with Gasteiger partial charge in [0.1, 0.15) is 4.88 Å². The molecule has 16 heavy (non-hydrogen) atoms. The zero-order valence-corrected chi connectivity index (χ0v) is 10.2. The molecule has 1 heterocycles. The summed E-state index contributed by atoms with van der Waals surface area (Å²) in [5.41, 5.74) is 0.518. The average molecular weight is 242 g/mol. The number of anilines is 1. The van der Waals surface area contributed by atoms with Crippen LogP contribution in [0.3, 0.4) is 0 Å². The number of hydrogen-bond donors (Lipinski definition) is 2. The maximum atomic E-state index is 11.1. The Morgan fingerprint density at radius 2 is 2.12 bits per heavy atom. The second kappa shape index (κ2) is 5.07. The Labute approximate surface area is 97.5 Å². The average Bonchev–Trinajstić information content (AvgIpc) is 2.61. The molecule has 0 aliphatic carbocycles. The van der Waals surface area contributed by atoms with Crippen molar-refractivity contribution in [2.75, 3.05) is 5.32 Å². The van der Waals surface area contributed by atoms with Crippen molar-refractivity contribution < 1.29 is 14.7 Å². The first kappa shape index (κ1) is 12.6. The van der Waals surface area contributed by atoms with Gasteiger partial charge in [-0.05, 0) is 5.92 Å². The summed E-state index contributed by atoms with van der Waals surface area (Å²) in [5, 5.41) is 11.9. The summed E-state index contributed by atoms with van der Waals surface area (Å²) < 4.78 is 0. The molecule has 0 spiro atoms. The molecule has 1 aromatic rings. The zero-order valence-electron chi connectivity index (χ0n) is 9.40. The second-order valence-corrected chi connectivity index (χ2v) is 4.59. The van der Waals surface area contributed by atoms with Crippen LogP contribution >= 0.6 is 11.3 Å². The molecule has 0 bridgehead atoms. The molecule has 0 aromatic carbocycles. The number of amides is 1. The van der Waals surface area contributed by atoms with E-state index in [0.717, 1.165) is 11.3 Å². The number of carboxylic acid groups (broad SMARTS) is 1. The summed E-state index contributed by atoms with van der Waals surface area (Å²) in [6, 6.07) is 0. The number of aromatic nitrogens is 1. The lowest BCUT2D eigenvalue weighted by Gasteiger charge is -2.00. The molecular formula is C10H14N2O3S. The van der Waals surface area contributed by atoms with Crippen molar-refractivity contribution in [1.29, 1.82) is 0 Å². The van der Waals surface area contributed by atoms with Crippen LogP contribution in [-0.4, -0.2) is 22.0 Å². The van der Waals surface area contributed by atoms with Crippen LogP contribution in [0, 0.1) is 0 Å². The Balaban J connectivity index is 3.02. The molecule has 1 rings (SSSR count). The first-order chi connectivity index (χ1) is 7.45. The van der Waals surface area contributed by atoms with Crippen LogP contribution in [-0.2, 0) is 4.79 Å². The first-order valence-electron chi connectivity index (χ1n) is 4.99. The highest BCUT2D eigenvalue weighted by molar-refractivity contribution is 7.17. The Morgan fingerprint density at radius 1 is 1.50 bits per heavy atom. The van der Waals surface area contributed by atoms with Gasteiger partial charge in [0.25, 0.3) is 0 Å². The Bertz CT molecular complexity index is 412. The Kier molecular flexibility index (Phi) is 4.00. The Hall–Kier alpha value is -1.43. The molecule has 0 saturated carbocycles. The number of carbonyl (C=O) groups excluding carboxylic acids is 1. The van der Waals surface area contributed by atoms with Crippen molar-refractivity contribution in [2.24, 2.45) is 0 Å². The minimum absolute atomic E-state index is 0.0228. The molecule has 88 valence electrons. The van der Waals surface area contributed by atoms with E-state index in [1.807, 2.05) is 13.8 Å². The number of aromatic carboxylic acids is 1. The van der Waals surface area contributed by atoms with Gasteiger partial charge in [0.15, 0.2) is 5.13 Å². The van der Waals surface area contributed by atoms with Gasteiger partial charge >= 0.3 is 5.97 Å². The van der Waals surface area contributed by atoms with Gasteiger partial charge in [0.2, 0.25) is 5.91 Å². The number of carboxylic acids is 1. The van der Waals surface area contributed by atoms with Crippen LogP contribution in [0.1, 0.15) is 48.5 Å². The van der Waals surface area contributed by atoms with Gasteiger partial charge < -0.3 is 10.4 Å². The molecule has 1 amide bonds. The number of hydrogen-bond acceptors (Lipinski definition) is 4. The summed E-state index contributed by atoms with van der Waals surface area (Å²) in [6.45, 7) is 5.46. The predicted octanol–water partition coefficient (Wildman–Crippen LogP) is 2.31. The number of nitrogens with zero attached hydrogens (tertiary/aromatic N) is 1. The quantitative estimate of drug-likeness (QED) is 0.849. The standard InChI is InChI=1S/C10H14N2O3S/c1-4-6(13)11-10-12-7(5(2)3)8(16-10)9(14)15/h5H,4H2,1-3H3,(H,14,15)(H,11,12,13). The van der Waals surface area contributed by atoms with E-state index in [9.17, 15) is 9.59 Å². The van der Waals surface area contributed by atoms with E-state index in [0.29, 0.717) is 17.2 Å². The molecule has 0 aliphatic heterocycles. The van der Waals surface area contributed by atoms with E-state index in [2.05, 4.69) is 10.3 Å². The maximum absolute atomic E-state index is 11.1. The van der Waals surface area contributed by atoms with Gasteiger partial charge in [-0.25, -0.2) is 9.78 Å². The molecular weight excluding hydrogens is 228 g/mol. The highest BCUT2D eigenvalue weighted by atomic mass is 32.1. The minimum atomic E-state index is -1.00. The van der Waals surface area contributed by atoms with E-state index in [1.54, 1.807) is 6.92 Å². The smallest absolute Gasteiger partial charge is 0.347 e. The lowest BCUT2D eigenvalue weighted by atomic mass is 10.1. The molecule has 0 fully saturated rings. The molecule has 1 aromatic heterocycles. The van der Waals surface area contributed by atoms with E-state index >= 15 is 0 Å². The summed E-state index contributed by atoms with van der Waals surface area (Å²) in [5.74, 6) is -1.14. The highest BCUT2D eigenvalue weighted by Gasteiger charge is 2.20. The fraction of sp³-hybridized carbons (Fsp3) is 0.500. The summed E-state index contributed by atoms with van der Waals surface area (Å²) in [4.78, 5) is 26.4. The summed E-state index contributed by atoms with van der Waals surface area (Å²) >= 11 is 0.997. The summed E-state index contributed by atoms with van der Waals surface area (Å²) in [7, 11) is 0. The van der Waals surface area contributed by atoms with Crippen LogP contribution in [0.25, 0.3) is 0 Å². The van der Waals surface area contributed by atoms with Gasteiger partial charge in [-0.2, -0.15) is 0 Å². The number of carbonyl (C=O) groups is 2. The monoisotopic (exact) mass is 242 g/mol. The molecule has 6 heteroatoms. The second-order valence-electron chi connectivity index (χ2n) is 3.59. The number of thiazole rings is 1. The van der Waals surface area contributed by atoms with E-state index in [-0.39, 0.29) is 16.7 Å². The fourth-order valence-electron chi connectivity index (χ4n) is 1.14. The first-order valence-corrected chi connectivity index (χ1v) is 5.81. The van der Waals surface area contributed by atoms with Gasteiger partial charge in [-0.3, -0.25) is 4.79 Å². The summed E-state index contributed by atoms with van der Waals surface area (Å²) in [6.07, 6.45) is 0.346. The zero-order chi connectivity index (χ0) is 12.3. The molecule has 0 unspecified atom stereocenters. The minimum Gasteiger partial charge on any atom is -0.477 e. The topological polar surface area (TPSA) is 79.3 Å². The fourth-order valence-corrected chi connectivity index (χ4v) is 2.11. The largest absolute Gasteiger partial charge is 0.477 e. The van der Waals surface area contributed by atoms with Crippen LogP contribution < -0.4 is 5.32 Å². The Morgan fingerprint density at radius 3 is 2.50 bits per heavy atom. The molecule has 2 N–H and O–H groups in total. The van der Waals surface area contributed by atoms with Crippen LogP contribution in [0.5, 0.6) is 0 Å². The predicted molar refractivity (Wildman–Crippen MR) is 62.1 cm³/mol. The molecule has 0 atom stereocenters. The van der Waals surface area contributed by atoms with Crippen LogP contribution in [0.2, 0.25) is 0 Å². The lowest BCUT2D eigenvalue weighted by molar-refractivity contribution is -0.115. The SMILES string of the molecule is CCC(=O)Nc1nc(C(C)C)c(C(=O)O)s1.